The zero-order valence-electron chi connectivity index (χ0n) is 21.3. The molecule has 2 fully saturated rings. The lowest BCUT2D eigenvalue weighted by Crippen LogP contribution is -2.37. The van der Waals surface area contributed by atoms with Crippen molar-refractivity contribution in [3.05, 3.63) is 53.0 Å². The number of methoxy groups -OCH3 is 1. The molecule has 0 bridgehead atoms. The van der Waals surface area contributed by atoms with Crippen LogP contribution in [0.3, 0.4) is 0 Å². The van der Waals surface area contributed by atoms with Crippen molar-refractivity contribution in [2.45, 2.75) is 44.2 Å². The second-order valence-corrected chi connectivity index (χ2v) is 10.2. The van der Waals surface area contributed by atoms with E-state index in [4.69, 9.17) is 9.47 Å². The van der Waals surface area contributed by atoms with Gasteiger partial charge in [-0.2, -0.15) is 0 Å². The summed E-state index contributed by atoms with van der Waals surface area (Å²) >= 11 is 0. The Kier molecular flexibility index (Phi) is 6.42. The largest absolute Gasteiger partial charge is 0.478 e. The van der Waals surface area contributed by atoms with E-state index in [0.29, 0.717) is 29.1 Å². The zero-order chi connectivity index (χ0) is 25.5. The van der Waals surface area contributed by atoms with Crippen LogP contribution < -0.4 is 10.4 Å². The first-order valence-corrected chi connectivity index (χ1v) is 13.1. The van der Waals surface area contributed by atoms with Gasteiger partial charge in [0.25, 0.3) is 0 Å². The van der Waals surface area contributed by atoms with Gasteiger partial charge in [0.05, 0.1) is 35.5 Å². The molecule has 3 aromatic heterocycles. The van der Waals surface area contributed by atoms with E-state index in [9.17, 15) is 4.79 Å². The van der Waals surface area contributed by atoms with Gasteiger partial charge in [0, 0.05) is 61.6 Å². The SMILES string of the molecule is COC1CC(n2c(=O)n(C)c3cnc4cc(F)c(-c5ccc(OCCCN6CCCC6)nc5)cc4c32)C1. The molecule has 4 heterocycles. The van der Waals surface area contributed by atoms with E-state index in [-0.39, 0.29) is 23.7 Å². The fraction of sp³-hybridized carbons (Fsp3) is 0.464. The first-order chi connectivity index (χ1) is 18.0. The molecule has 37 heavy (non-hydrogen) atoms. The number of ether oxygens (including phenoxy) is 2. The highest BCUT2D eigenvalue weighted by Crippen LogP contribution is 2.38. The van der Waals surface area contributed by atoms with Crippen LogP contribution in [0, 0.1) is 5.82 Å². The summed E-state index contributed by atoms with van der Waals surface area (Å²) in [4.78, 5) is 24.5. The molecule has 0 unspecified atom stereocenters. The number of nitrogens with zero attached hydrogens (tertiary/aromatic N) is 5. The van der Waals surface area contributed by atoms with Crippen molar-refractivity contribution in [3.63, 3.8) is 0 Å². The maximum absolute atomic E-state index is 15.2. The van der Waals surface area contributed by atoms with Crippen LogP contribution in [0.5, 0.6) is 5.88 Å². The average molecular weight is 506 g/mol. The first-order valence-electron chi connectivity index (χ1n) is 13.1. The van der Waals surface area contributed by atoms with Crippen molar-refractivity contribution in [1.82, 2.24) is 24.0 Å². The quantitative estimate of drug-likeness (QED) is 0.333. The molecule has 8 nitrogen and oxygen atoms in total. The molecule has 6 rings (SSSR count). The van der Waals surface area contributed by atoms with Gasteiger partial charge in [-0.05, 0) is 57.3 Å². The summed E-state index contributed by atoms with van der Waals surface area (Å²) in [6.07, 6.45) is 8.52. The van der Waals surface area contributed by atoms with Gasteiger partial charge in [0.1, 0.15) is 5.82 Å². The first kappa shape index (κ1) is 24.1. The Balaban J connectivity index is 1.29. The summed E-state index contributed by atoms with van der Waals surface area (Å²) in [5.41, 5.74) is 3.00. The summed E-state index contributed by atoms with van der Waals surface area (Å²) in [6.45, 7) is 4.01. The number of hydrogen-bond acceptors (Lipinski definition) is 6. The van der Waals surface area contributed by atoms with Gasteiger partial charge in [-0.3, -0.25) is 14.1 Å². The van der Waals surface area contributed by atoms with Crippen LogP contribution in [0.15, 0.2) is 41.5 Å². The molecule has 194 valence electrons. The van der Waals surface area contributed by atoms with Crippen LogP contribution in [0.2, 0.25) is 0 Å². The minimum absolute atomic E-state index is 0.0452. The fourth-order valence-corrected chi connectivity index (χ4v) is 5.65. The maximum atomic E-state index is 15.2. The van der Waals surface area contributed by atoms with Crippen molar-refractivity contribution in [2.75, 3.05) is 33.4 Å². The standard InChI is InChI=1S/C28H32FN5O3/c1-32-25-17-30-24-15-23(29)21(14-22(24)27(25)34(28(32)35)19-12-20(13-19)36-2)18-6-7-26(31-16-18)37-11-5-10-33-8-3-4-9-33/h6-7,14-17,19-20H,3-5,8-13H2,1-2H3. The Bertz CT molecular complexity index is 1480. The van der Waals surface area contributed by atoms with E-state index in [1.165, 1.54) is 32.0 Å². The third-order valence-electron chi connectivity index (χ3n) is 7.89. The Morgan fingerprint density at radius 1 is 1.11 bits per heavy atom. The highest BCUT2D eigenvalue weighted by Gasteiger charge is 2.34. The third-order valence-corrected chi connectivity index (χ3v) is 7.89. The summed E-state index contributed by atoms with van der Waals surface area (Å²) < 4.78 is 29.9. The molecule has 1 saturated heterocycles. The minimum atomic E-state index is -0.381. The van der Waals surface area contributed by atoms with E-state index in [0.717, 1.165) is 42.2 Å². The lowest BCUT2D eigenvalue weighted by atomic mass is 9.89. The van der Waals surface area contributed by atoms with Gasteiger partial charge in [0.15, 0.2) is 0 Å². The van der Waals surface area contributed by atoms with Gasteiger partial charge in [-0.25, -0.2) is 14.2 Å². The number of hydrogen-bond donors (Lipinski definition) is 0. The Labute approximate surface area is 214 Å². The molecule has 0 amide bonds. The number of likely N-dealkylation sites (tertiary alicyclic amines) is 1. The third kappa shape index (κ3) is 4.40. The summed E-state index contributed by atoms with van der Waals surface area (Å²) in [7, 11) is 3.44. The molecule has 1 aliphatic heterocycles. The van der Waals surface area contributed by atoms with Crippen molar-refractivity contribution in [3.8, 4) is 17.0 Å². The van der Waals surface area contributed by atoms with Gasteiger partial charge in [-0.1, -0.05) is 0 Å². The number of pyridine rings is 2. The van der Waals surface area contributed by atoms with Crippen LogP contribution in [0.4, 0.5) is 4.39 Å². The Hall–Kier alpha value is -3.30. The number of aromatic nitrogens is 4. The van der Waals surface area contributed by atoms with Gasteiger partial charge < -0.3 is 14.4 Å². The number of benzene rings is 1. The van der Waals surface area contributed by atoms with Crippen molar-refractivity contribution < 1.29 is 13.9 Å². The Morgan fingerprint density at radius 3 is 2.65 bits per heavy atom. The zero-order valence-corrected chi connectivity index (χ0v) is 21.3. The van der Waals surface area contributed by atoms with Crippen LogP contribution in [-0.4, -0.2) is 63.5 Å². The molecule has 0 radical (unpaired) electrons. The number of aryl methyl sites for hydroxylation is 1. The smallest absolute Gasteiger partial charge is 0.329 e. The summed E-state index contributed by atoms with van der Waals surface area (Å²) in [5.74, 6) is 0.151. The van der Waals surface area contributed by atoms with E-state index >= 15 is 4.39 Å². The van der Waals surface area contributed by atoms with Crippen molar-refractivity contribution >= 4 is 21.9 Å². The van der Waals surface area contributed by atoms with Crippen LogP contribution >= 0.6 is 0 Å². The number of rotatable bonds is 8. The predicted molar refractivity (Wildman–Crippen MR) is 141 cm³/mol. The minimum Gasteiger partial charge on any atom is -0.478 e. The molecule has 2 aliphatic rings. The molecule has 1 aromatic carbocycles. The van der Waals surface area contributed by atoms with E-state index in [2.05, 4.69) is 14.9 Å². The molecule has 0 spiro atoms. The highest BCUT2D eigenvalue weighted by molar-refractivity contribution is 6.04. The fourth-order valence-electron chi connectivity index (χ4n) is 5.65. The number of halogens is 1. The molecule has 1 aliphatic carbocycles. The summed E-state index contributed by atoms with van der Waals surface area (Å²) in [6, 6.07) is 6.88. The monoisotopic (exact) mass is 505 g/mol. The number of imidazole rings is 1. The second kappa shape index (κ2) is 9.87. The van der Waals surface area contributed by atoms with E-state index in [1.54, 1.807) is 43.3 Å². The lowest BCUT2D eigenvalue weighted by Gasteiger charge is -2.34. The van der Waals surface area contributed by atoms with Crippen LogP contribution in [0.25, 0.3) is 33.1 Å². The lowest BCUT2D eigenvalue weighted by molar-refractivity contribution is 0.00635. The molecule has 0 atom stereocenters. The van der Waals surface area contributed by atoms with E-state index < -0.39 is 0 Å². The number of fused-ring (bicyclic) bond motifs is 3. The topological polar surface area (TPSA) is 74.4 Å². The molecule has 0 N–H and O–H groups in total. The average Bonchev–Trinajstić information content (AvgIpc) is 3.49. The molecular weight excluding hydrogens is 473 g/mol. The van der Waals surface area contributed by atoms with Gasteiger partial charge in [-0.15, -0.1) is 0 Å². The summed E-state index contributed by atoms with van der Waals surface area (Å²) in [5, 5.41) is 0.745. The van der Waals surface area contributed by atoms with Gasteiger partial charge >= 0.3 is 5.69 Å². The van der Waals surface area contributed by atoms with Crippen molar-refractivity contribution in [1.29, 1.82) is 0 Å². The Morgan fingerprint density at radius 2 is 1.92 bits per heavy atom. The normalized spacial score (nSPS) is 20.1. The van der Waals surface area contributed by atoms with Gasteiger partial charge in [0.2, 0.25) is 5.88 Å². The molecular formula is C28H32FN5O3. The van der Waals surface area contributed by atoms with Crippen LogP contribution in [-0.2, 0) is 11.8 Å². The van der Waals surface area contributed by atoms with E-state index in [1.807, 2.05) is 10.6 Å². The highest BCUT2D eigenvalue weighted by atomic mass is 19.1. The molecule has 1 saturated carbocycles. The molecule has 4 aromatic rings. The predicted octanol–water partition coefficient (Wildman–Crippen LogP) is 4.30. The van der Waals surface area contributed by atoms with Crippen LogP contribution in [0.1, 0.15) is 38.1 Å². The van der Waals surface area contributed by atoms with Crippen molar-refractivity contribution in [2.24, 2.45) is 7.05 Å². The molecule has 9 heteroatoms. The second-order valence-electron chi connectivity index (χ2n) is 10.2. The maximum Gasteiger partial charge on any atom is 0.329 e.